The smallest absolute Gasteiger partial charge is 0.194 e. The Morgan fingerprint density at radius 3 is 2.45 bits per heavy atom. The second-order valence-electron chi connectivity index (χ2n) is 3.02. The molecule has 0 radical (unpaired) electrons. The number of hydrogen-bond donors (Lipinski definition) is 0. The lowest BCUT2D eigenvalue weighted by Crippen LogP contribution is -1.96. The maximum absolute atomic E-state index is 2.28. The standard InChI is InChI=1S/C8H17BS2/c1-2-3-4-5-6-9-10-7-8-11-9/h2-8H2,1H3. The van der Waals surface area contributed by atoms with E-state index in [2.05, 4.69) is 30.1 Å². The minimum absolute atomic E-state index is 0.951. The van der Waals surface area contributed by atoms with E-state index in [0.717, 1.165) is 5.27 Å². The zero-order valence-electron chi connectivity index (χ0n) is 7.34. The van der Waals surface area contributed by atoms with Crippen molar-refractivity contribution in [2.24, 2.45) is 0 Å². The Morgan fingerprint density at radius 2 is 1.82 bits per heavy atom. The fourth-order valence-corrected chi connectivity index (χ4v) is 4.24. The summed E-state index contributed by atoms with van der Waals surface area (Å²) in [5.74, 6) is 2.78. The molecule has 1 aliphatic rings. The first kappa shape index (κ1) is 9.85. The highest BCUT2D eigenvalue weighted by Crippen LogP contribution is 2.32. The van der Waals surface area contributed by atoms with Crippen molar-refractivity contribution in [3.8, 4) is 0 Å². The fraction of sp³-hybridized carbons (Fsp3) is 1.00. The molecule has 0 saturated carbocycles. The summed E-state index contributed by atoms with van der Waals surface area (Å²) in [4.78, 5) is 0. The molecule has 0 bridgehead atoms. The van der Waals surface area contributed by atoms with Crippen LogP contribution in [0.2, 0.25) is 6.32 Å². The second kappa shape index (κ2) is 6.30. The molecule has 0 atom stereocenters. The average molecular weight is 188 g/mol. The van der Waals surface area contributed by atoms with E-state index in [1.54, 1.807) is 0 Å². The van der Waals surface area contributed by atoms with Crippen LogP contribution in [0, 0.1) is 0 Å². The Balaban J connectivity index is 1.86. The van der Waals surface area contributed by atoms with Crippen LogP contribution in [-0.2, 0) is 0 Å². The third-order valence-corrected chi connectivity index (χ3v) is 5.15. The van der Waals surface area contributed by atoms with Crippen molar-refractivity contribution in [1.82, 2.24) is 0 Å². The Morgan fingerprint density at radius 1 is 1.09 bits per heavy atom. The Hall–Kier alpha value is 0.765. The molecule has 1 rings (SSSR count). The maximum atomic E-state index is 2.28. The number of rotatable bonds is 5. The Labute approximate surface area is 79.2 Å². The van der Waals surface area contributed by atoms with Crippen molar-refractivity contribution in [3.63, 3.8) is 0 Å². The fourth-order valence-electron chi connectivity index (χ4n) is 1.31. The van der Waals surface area contributed by atoms with Gasteiger partial charge in [-0.25, -0.2) is 0 Å². The average Bonchev–Trinajstić information content (AvgIpc) is 2.50. The summed E-state index contributed by atoms with van der Waals surface area (Å²) in [7, 11) is 0. The SMILES string of the molecule is CCCCCCB1SCCS1. The third-order valence-electron chi connectivity index (χ3n) is 1.98. The van der Waals surface area contributed by atoms with Gasteiger partial charge in [-0.3, -0.25) is 0 Å². The Bertz CT molecular complexity index is 92.1. The zero-order valence-corrected chi connectivity index (χ0v) is 8.98. The molecular formula is C8H17BS2. The van der Waals surface area contributed by atoms with E-state index in [1.807, 2.05) is 0 Å². The molecule has 0 spiro atoms. The highest BCUT2D eigenvalue weighted by Gasteiger charge is 2.19. The van der Waals surface area contributed by atoms with Crippen molar-refractivity contribution < 1.29 is 0 Å². The summed E-state index contributed by atoms with van der Waals surface area (Å²) in [6.07, 6.45) is 7.16. The quantitative estimate of drug-likeness (QED) is 0.478. The van der Waals surface area contributed by atoms with Gasteiger partial charge in [0.25, 0.3) is 5.27 Å². The van der Waals surface area contributed by atoms with Crippen LogP contribution in [0.15, 0.2) is 0 Å². The molecule has 1 heterocycles. The van der Waals surface area contributed by atoms with Crippen LogP contribution in [0.5, 0.6) is 0 Å². The summed E-state index contributed by atoms with van der Waals surface area (Å²) >= 11 is 4.33. The van der Waals surface area contributed by atoms with Gasteiger partial charge in [0.1, 0.15) is 0 Å². The molecule has 0 N–H and O–H groups in total. The van der Waals surface area contributed by atoms with Gasteiger partial charge in [0, 0.05) is 0 Å². The molecule has 0 unspecified atom stereocenters. The Kier molecular flexibility index (Phi) is 5.64. The number of hydrogen-bond acceptors (Lipinski definition) is 2. The molecule has 0 aromatic carbocycles. The first-order valence-corrected chi connectivity index (χ1v) is 6.76. The zero-order chi connectivity index (χ0) is 7.94. The van der Waals surface area contributed by atoms with Gasteiger partial charge in [-0.05, 0) is 11.5 Å². The molecule has 11 heavy (non-hydrogen) atoms. The van der Waals surface area contributed by atoms with E-state index in [9.17, 15) is 0 Å². The topological polar surface area (TPSA) is 0 Å². The molecule has 0 amide bonds. The molecule has 64 valence electrons. The van der Waals surface area contributed by atoms with Crippen molar-refractivity contribution in [3.05, 3.63) is 0 Å². The van der Waals surface area contributed by atoms with E-state index < -0.39 is 0 Å². The van der Waals surface area contributed by atoms with Crippen LogP contribution >= 0.6 is 23.2 Å². The third kappa shape index (κ3) is 4.36. The first-order chi connectivity index (χ1) is 5.43. The second-order valence-corrected chi connectivity index (χ2v) is 5.94. The highest BCUT2D eigenvalue weighted by atomic mass is 32.2. The van der Waals surface area contributed by atoms with Gasteiger partial charge < -0.3 is 0 Å². The van der Waals surface area contributed by atoms with E-state index in [4.69, 9.17) is 0 Å². The summed E-state index contributed by atoms with van der Waals surface area (Å²) < 4.78 is 0. The molecule has 3 heteroatoms. The van der Waals surface area contributed by atoms with Gasteiger partial charge >= 0.3 is 0 Å². The van der Waals surface area contributed by atoms with Gasteiger partial charge in [-0.2, -0.15) is 23.2 Å². The highest BCUT2D eigenvalue weighted by molar-refractivity contribution is 8.56. The van der Waals surface area contributed by atoms with Gasteiger partial charge in [-0.15, -0.1) is 0 Å². The normalized spacial score (nSPS) is 17.7. The molecule has 1 aliphatic heterocycles. The summed E-state index contributed by atoms with van der Waals surface area (Å²) in [6.45, 7) is 2.28. The summed E-state index contributed by atoms with van der Waals surface area (Å²) in [6, 6.07) is 0. The lowest BCUT2D eigenvalue weighted by Gasteiger charge is -2.01. The molecular weight excluding hydrogens is 171 g/mol. The lowest BCUT2D eigenvalue weighted by atomic mass is 9.95. The lowest BCUT2D eigenvalue weighted by molar-refractivity contribution is 0.701. The predicted octanol–water partition coefficient (Wildman–Crippen LogP) is 3.53. The monoisotopic (exact) mass is 188 g/mol. The molecule has 1 fully saturated rings. The van der Waals surface area contributed by atoms with E-state index >= 15 is 0 Å². The van der Waals surface area contributed by atoms with Crippen LogP contribution in [0.3, 0.4) is 0 Å². The van der Waals surface area contributed by atoms with Gasteiger partial charge in [0.05, 0.1) is 0 Å². The van der Waals surface area contributed by atoms with Crippen molar-refractivity contribution in [1.29, 1.82) is 0 Å². The molecule has 0 nitrogen and oxygen atoms in total. The van der Waals surface area contributed by atoms with E-state index in [1.165, 1.54) is 43.5 Å². The van der Waals surface area contributed by atoms with Crippen LogP contribution in [0.4, 0.5) is 0 Å². The van der Waals surface area contributed by atoms with Crippen molar-refractivity contribution in [2.45, 2.75) is 38.9 Å². The minimum Gasteiger partial charge on any atom is -0.194 e. The number of unbranched alkanes of at least 4 members (excludes halogenated alkanes) is 3. The van der Waals surface area contributed by atoms with Crippen molar-refractivity contribution in [2.75, 3.05) is 11.5 Å². The van der Waals surface area contributed by atoms with Crippen LogP contribution in [0.25, 0.3) is 0 Å². The predicted molar refractivity (Wildman–Crippen MR) is 59.6 cm³/mol. The van der Waals surface area contributed by atoms with Crippen LogP contribution in [0.1, 0.15) is 32.6 Å². The van der Waals surface area contributed by atoms with Gasteiger partial charge in [0.2, 0.25) is 0 Å². The van der Waals surface area contributed by atoms with Gasteiger partial charge in [0.15, 0.2) is 0 Å². The summed E-state index contributed by atoms with van der Waals surface area (Å²) in [5.41, 5.74) is 0. The van der Waals surface area contributed by atoms with Crippen LogP contribution in [-0.4, -0.2) is 16.8 Å². The molecule has 0 aromatic rings. The first-order valence-electron chi connectivity index (χ1n) is 4.66. The van der Waals surface area contributed by atoms with Gasteiger partial charge in [-0.1, -0.05) is 38.9 Å². The largest absolute Gasteiger partial charge is 0.273 e. The van der Waals surface area contributed by atoms with E-state index in [0.29, 0.717) is 0 Å². The maximum Gasteiger partial charge on any atom is 0.273 e. The molecule has 1 saturated heterocycles. The van der Waals surface area contributed by atoms with Crippen LogP contribution < -0.4 is 0 Å². The summed E-state index contributed by atoms with van der Waals surface area (Å²) in [5, 5.41) is 0.951. The van der Waals surface area contributed by atoms with Crippen molar-refractivity contribution >= 4 is 28.5 Å². The molecule has 0 aliphatic carbocycles. The molecule has 0 aromatic heterocycles. The van der Waals surface area contributed by atoms with E-state index in [-0.39, 0.29) is 0 Å². The minimum atomic E-state index is 0.951.